The standard InChI is InChI=1S/C6H6FNO2/c1-10-6(9)4-5(7)2-3-8/h4H,2H2,1H3/b5-4+. The van der Waals surface area contributed by atoms with Gasteiger partial charge in [0.2, 0.25) is 0 Å². The molecule has 0 aromatic rings. The molecule has 54 valence electrons. The smallest absolute Gasteiger partial charge is 0.333 e. The van der Waals surface area contributed by atoms with Crippen molar-refractivity contribution in [1.82, 2.24) is 0 Å². The first-order valence-corrected chi connectivity index (χ1v) is 2.51. The first kappa shape index (κ1) is 8.63. The van der Waals surface area contributed by atoms with E-state index >= 15 is 0 Å². The SMILES string of the molecule is COC(=O)/C=C(/F)CC#N. The van der Waals surface area contributed by atoms with Crippen molar-refractivity contribution < 1.29 is 13.9 Å². The van der Waals surface area contributed by atoms with Crippen LogP contribution in [0.3, 0.4) is 0 Å². The van der Waals surface area contributed by atoms with Crippen LogP contribution in [0.4, 0.5) is 4.39 Å². The van der Waals surface area contributed by atoms with Gasteiger partial charge in [-0.3, -0.25) is 0 Å². The lowest BCUT2D eigenvalue weighted by molar-refractivity contribution is -0.134. The second-order valence-corrected chi connectivity index (χ2v) is 1.45. The van der Waals surface area contributed by atoms with Gasteiger partial charge in [-0.15, -0.1) is 0 Å². The van der Waals surface area contributed by atoms with Crippen LogP contribution in [0, 0.1) is 11.3 Å². The Morgan fingerprint density at radius 2 is 2.50 bits per heavy atom. The van der Waals surface area contributed by atoms with Gasteiger partial charge in [0.1, 0.15) is 5.83 Å². The van der Waals surface area contributed by atoms with Gasteiger partial charge < -0.3 is 4.74 Å². The number of esters is 1. The summed E-state index contributed by atoms with van der Waals surface area (Å²) in [6, 6.07) is 1.55. The van der Waals surface area contributed by atoms with Crippen LogP contribution in [0.2, 0.25) is 0 Å². The predicted octanol–water partition coefficient (Wildman–Crippen LogP) is 0.926. The van der Waals surface area contributed by atoms with E-state index in [1.165, 1.54) is 0 Å². The first-order chi connectivity index (χ1) is 4.70. The monoisotopic (exact) mass is 143 g/mol. The molecule has 0 atom stereocenters. The number of halogens is 1. The Labute approximate surface area is 57.7 Å². The molecule has 0 amide bonds. The van der Waals surface area contributed by atoms with E-state index in [1.807, 2.05) is 0 Å². The summed E-state index contributed by atoms with van der Waals surface area (Å²) < 4.78 is 16.3. The molecule has 10 heavy (non-hydrogen) atoms. The molecule has 3 nitrogen and oxygen atoms in total. The molecule has 0 saturated heterocycles. The third-order valence-corrected chi connectivity index (χ3v) is 0.724. The van der Waals surface area contributed by atoms with Crippen molar-refractivity contribution >= 4 is 5.97 Å². The van der Waals surface area contributed by atoms with Crippen molar-refractivity contribution in [3.63, 3.8) is 0 Å². The van der Waals surface area contributed by atoms with Crippen LogP contribution >= 0.6 is 0 Å². The van der Waals surface area contributed by atoms with E-state index in [-0.39, 0.29) is 0 Å². The van der Waals surface area contributed by atoms with E-state index in [4.69, 9.17) is 5.26 Å². The van der Waals surface area contributed by atoms with Crippen LogP contribution in [0.5, 0.6) is 0 Å². The number of allylic oxidation sites excluding steroid dienone is 1. The van der Waals surface area contributed by atoms with E-state index in [2.05, 4.69) is 4.74 Å². The van der Waals surface area contributed by atoms with Crippen molar-refractivity contribution in [3.8, 4) is 6.07 Å². The number of hydrogen-bond acceptors (Lipinski definition) is 3. The zero-order valence-corrected chi connectivity index (χ0v) is 5.43. The van der Waals surface area contributed by atoms with E-state index < -0.39 is 18.2 Å². The molecule has 0 radical (unpaired) electrons. The molecule has 0 aromatic carbocycles. The van der Waals surface area contributed by atoms with Crippen LogP contribution in [-0.4, -0.2) is 13.1 Å². The minimum atomic E-state index is -0.784. The fourth-order valence-corrected chi connectivity index (χ4v) is 0.313. The summed E-state index contributed by atoms with van der Waals surface area (Å²) in [5.74, 6) is -1.57. The summed E-state index contributed by atoms with van der Waals surface area (Å²) in [6.07, 6.45) is 0.248. The molecule has 0 unspecified atom stereocenters. The van der Waals surface area contributed by atoms with Gasteiger partial charge in [0.15, 0.2) is 0 Å². The Morgan fingerprint density at radius 3 is 2.90 bits per heavy atom. The molecule has 0 spiro atoms. The summed E-state index contributed by atoms with van der Waals surface area (Å²) in [6.45, 7) is 0. The quantitative estimate of drug-likeness (QED) is 0.426. The zero-order chi connectivity index (χ0) is 7.98. The molecule has 0 bridgehead atoms. The fourth-order valence-electron chi connectivity index (χ4n) is 0.313. The van der Waals surface area contributed by atoms with Crippen LogP contribution in [0.1, 0.15) is 6.42 Å². The minimum absolute atomic E-state index is 0.394. The lowest BCUT2D eigenvalue weighted by Gasteiger charge is -1.88. The summed E-state index contributed by atoms with van der Waals surface area (Å²) in [5, 5.41) is 7.94. The van der Waals surface area contributed by atoms with E-state index in [0.29, 0.717) is 6.08 Å². The Morgan fingerprint density at radius 1 is 1.90 bits per heavy atom. The second-order valence-electron chi connectivity index (χ2n) is 1.45. The van der Waals surface area contributed by atoms with Gasteiger partial charge in [-0.2, -0.15) is 5.26 Å². The maximum Gasteiger partial charge on any atom is 0.333 e. The van der Waals surface area contributed by atoms with Crippen LogP contribution < -0.4 is 0 Å². The normalized spacial score (nSPS) is 10.3. The average molecular weight is 143 g/mol. The molecule has 0 aliphatic rings. The summed E-state index contributed by atoms with van der Waals surface area (Å²) in [7, 11) is 1.14. The maximum atomic E-state index is 12.2. The highest BCUT2D eigenvalue weighted by Gasteiger charge is 1.98. The molecule has 0 aromatic heterocycles. The van der Waals surface area contributed by atoms with E-state index in [9.17, 15) is 9.18 Å². The Kier molecular flexibility index (Phi) is 3.89. The molecule has 0 aliphatic carbocycles. The van der Waals surface area contributed by atoms with E-state index in [0.717, 1.165) is 7.11 Å². The molecule has 0 fully saturated rings. The number of ether oxygens (including phenoxy) is 1. The van der Waals surface area contributed by atoms with Crippen molar-refractivity contribution in [1.29, 1.82) is 5.26 Å². The Hall–Kier alpha value is -1.37. The molecule has 0 rings (SSSR count). The number of hydrogen-bond donors (Lipinski definition) is 0. The molecule has 0 heterocycles. The lowest BCUT2D eigenvalue weighted by Crippen LogP contribution is -1.94. The van der Waals surface area contributed by atoms with E-state index in [1.54, 1.807) is 6.07 Å². The van der Waals surface area contributed by atoms with Gasteiger partial charge >= 0.3 is 5.97 Å². The third kappa shape index (κ3) is 3.61. The number of nitriles is 1. The largest absolute Gasteiger partial charge is 0.466 e. The van der Waals surface area contributed by atoms with Crippen molar-refractivity contribution in [2.75, 3.05) is 7.11 Å². The fraction of sp³-hybridized carbons (Fsp3) is 0.333. The zero-order valence-electron chi connectivity index (χ0n) is 5.43. The average Bonchev–Trinajstić information content (AvgIpc) is 1.88. The number of carbonyl (C=O) groups is 1. The summed E-state index contributed by atoms with van der Waals surface area (Å²) >= 11 is 0. The van der Waals surface area contributed by atoms with Crippen molar-refractivity contribution in [3.05, 3.63) is 11.9 Å². The minimum Gasteiger partial charge on any atom is -0.466 e. The third-order valence-electron chi connectivity index (χ3n) is 0.724. The summed E-state index contributed by atoms with van der Waals surface area (Å²) in [4.78, 5) is 10.2. The summed E-state index contributed by atoms with van der Waals surface area (Å²) in [5.41, 5.74) is 0. The Balaban J connectivity index is 3.92. The molecule has 0 aliphatic heterocycles. The Bertz CT molecular complexity index is 192. The van der Waals surface area contributed by atoms with Crippen molar-refractivity contribution in [2.45, 2.75) is 6.42 Å². The number of carbonyl (C=O) groups excluding carboxylic acids is 1. The first-order valence-electron chi connectivity index (χ1n) is 2.51. The van der Waals surface area contributed by atoms with Gasteiger partial charge in [0.25, 0.3) is 0 Å². The number of nitrogens with zero attached hydrogens (tertiary/aromatic N) is 1. The second kappa shape index (κ2) is 4.50. The topological polar surface area (TPSA) is 50.1 Å². The van der Waals surface area contributed by atoms with Gasteiger partial charge in [-0.25, -0.2) is 9.18 Å². The van der Waals surface area contributed by atoms with Gasteiger partial charge in [-0.1, -0.05) is 0 Å². The molecule has 0 N–H and O–H groups in total. The van der Waals surface area contributed by atoms with Crippen LogP contribution in [0.25, 0.3) is 0 Å². The maximum absolute atomic E-state index is 12.2. The van der Waals surface area contributed by atoms with Crippen molar-refractivity contribution in [2.24, 2.45) is 0 Å². The van der Waals surface area contributed by atoms with Crippen LogP contribution in [-0.2, 0) is 9.53 Å². The van der Waals surface area contributed by atoms with Crippen LogP contribution in [0.15, 0.2) is 11.9 Å². The molecular weight excluding hydrogens is 137 g/mol. The lowest BCUT2D eigenvalue weighted by atomic mass is 10.4. The molecule has 4 heteroatoms. The highest BCUT2D eigenvalue weighted by molar-refractivity contribution is 5.82. The van der Waals surface area contributed by atoms with Gasteiger partial charge in [0.05, 0.1) is 25.7 Å². The highest BCUT2D eigenvalue weighted by atomic mass is 19.1. The predicted molar refractivity (Wildman–Crippen MR) is 31.4 cm³/mol. The molecular formula is C6H6FNO2. The number of rotatable bonds is 2. The van der Waals surface area contributed by atoms with Gasteiger partial charge in [-0.05, 0) is 0 Å². The number of methoxy groups -OCH3 is 1. The molecule has 0 saturated carbocycles. The highest BCUT2D eigenvalue weighted by Crippen LogP contribution is 2.00. The van der Waals surface area contributed by atoms with Gasteiger partial charge in [0, 0.05) is 0 Å².